The maximum absolute atomic E-state index is 13.7. The Morgan fingerprint density at radius 3 is 2.92 bits per heavy atom. The minimum Gasteiger partial charge on any atom is -0.378 e. The number of nitrogens with zero attached hydrogens (tertiary/aromatic N) is 1. The standard InChI is InChI=1S/C17H24FN3O3/c1-12-16(19-4-7-24-12)17(22)20-11-13-10-14(18)2-3-15(13)21-5-8-23-9-6-21/h2-3,10,12,16,19H,4-9,11H2,1H3,(H,20,22)/t12-,16+/m1/s1. The maximum Gasteiger partial charge on any atom is 0.240 e. The number of nitrogens with one attached hydrogen (secondary N) is 2. The zero-order valence-corrected chi connectivity index (χ0v) is 13.9. The number of anilines is 1. The van der Waals surface area contributed by atoms with E-state index >= 15 is 0 Å². The van der Waals surface area contributed by atoms with Crippen molar-refractivity contribution in [3.05, 3.63) is 29.6 Å². The number of carbonyl (C=O) groups excluding carboxylic acids is 1. The van der Waals surface area contributed by atoms with Crippen LogP contribution >= 0.6 is 0 Å². The van der Waals surface area contributed by atoms with Crippen molar-refractivity contribution in [2.45, 2.75) is 25.6 Å². The molecule has 3 rings (SSSR count). The van der Waals surface area contributed by atoms with E-state index in [0.29, 0.717) is 26.4 Å². The fourth-order valence-electron chi connectivity index (χ4n) is 3.13. The average molecular weight is 337 g/mol. The molecule has 7 heteroatoms. The van der Waals surface area contributed by atoms with Crippen LogP contribution in [-0.4, -0.2) is 57.5 Å². The molecule has 0 radical (unpaired) electrons. The molecule has 24 heavy (non-hydrogen) atoms. The fraction of sp³-hybridized carbons (Fsp3) is 0.588. The van der Waals surface area contributed by atoms with Crippen LogP contribution in [0.4, 0.5) is 10.1 Å². The number of morpholine rings is 2. The number of hydrogen-bond donors (Lipinski definition) is 2. The van der Waals surface area contributed by atoms with Gasteiger partial charge >= 0.3 is 0 Å². The Kier molecular flexibility index (Phi) is 5.65. The van der Waals surface area contributed by atoms with Crippen LogP contribution in [0.15, 0.2) is 18.2 Å². The molecule has 0 saturated carbocycles. The summed E-state index contributed by atoms with van der Waals surface area (Å²) >= 11 is 0. The van der Waals surface area contributed by atoms with Gasteiger partial charge in [-0.25, -0.2) is 4.39 Å². The Labute approximate surface area is 141 Å². The highest BCUT2D eigenvalue weighted by atomic mass is 19.1. The Balaban J connectivity index is 1.67. The number of ether oxygens (including phenoxy) is 2. The minimum atomic E-state index is -0.376. The minimum absolute atomic E-state index is 0.126. The third-order valence-corrected chi connectivity index (χ3v) is 4.45. The summed E-state index contributed by atoms with van der Waals surface area (Å²) in [6.07, 6.45) is -0.176. The van der Waals surface area contributed by atoms with E-state index in [1.807, 2.05) is 6.92 Å². The van der Waals surface area contributed by atoms with Gasteiger partial charge in [0.2, 0.25) is 5.91 Å². The van der Waals surface area contributed by atoms with Crippen LogP contribution < -0.4 is 15.5 Å². The van der Waals surface area contributed by atoms with E-state index in [1.54, 1.807) is 6.07 Å². The van der Waals surface area contributed by atoms with Crippen molar-refractivity contribution in [2.24, 2.45) is 0 Å². The quantitative estimate of drug-likeness (QED) is 0.845. The molecule has 132 valence electrons. The van der Waals surface area contributed by atoms with E-state index < -0.39 is 0 Å². The Morgan fingerprint density at radius 2 is 2.17 bits per heavy atom. The van der Waals surface area contributed by atoms with Crippen LogP contribution in [0, 0.1) is 5.82 Å². The highest BCUT2D eigenvalue weighted by Gasteiger charge is 2.28. The van der Waals surface area contributed by atoms with Gasteiger partial charge in [-0.1, -0.05) is 0 Å². The fourth-order valence-corrected chi connectivity index (χ4v) is 3.13. The first-order valence-corrected chi connectivity index (χ1v) is 8.39. The topological polar surface area (TPSA) is 62.8 Å². The Morgan fingerprint density at radius 1 is 1.38 bits per heavy atom. The summed E-state index contributed by atoms with van der Waals surface area (Å²) in [5.74, 6) is -0.428. The summed E-state index contributed by atoms with van der Waals surface area (Å²) in [4.78, 5) is 14.5. The molecule has 2 saturated heterocycles. The van der Waals surface area contributed by atoms with Gasteiger partial charge in [-0.15, -0.1) is 0 Å². The van der Waals surface area contributed by atoms with Crippen LogP contribution in [0.25, 0.3) is 0 Å². The van der Waals surface area contributed by atoms with Gasteiger partial charge in [-0.2, -0.15) is 0 Å². The molecule has 1 aromatic carbocycles. The van der Waals surface area contributed by atoms with E-state index in [-0.39, 0.29) is 30.4 Å². The SMILES string of the molecule is C[C@H]1OCCN[C@@H]1C(=O)NCc1cc(F)ccc1N1CCOCC1. The van der Waals surface area contributed by atoms with Crippen molar-refractivity contribution < 1.29 is 18.7 Å². The summed E-state index contributed by atoms with van der Waals surface area (Å²) in [6, 6.07) is 4.33. The predicted molar refractivity (Wildman–Crippen MR) is 88.5 cm³/mol. The highest BCUT2D eigenvalue weighted by molar-refractivity contribution is 5.82. The summed E-state index contributed by atoms with van der Waals surface area (Å²) < 4.78 is 24.5. The molecule has 0 spiro atoms. The number of carbonyl (C=O) groups is 1. The van der Waals surface area contributed by atoms with Crippen LogP contribution in [0.1, 0.15) is 12.5 Å². The molecule has 2 heterocycles. The van der Waals surface area contributed by atoms with Gasteiger partial charge < -0.3 is 25.0 Å². The summed E-state index contributed by atoms with van der Waals surface area (Å²) in [6.45, 7) is 6.26. The van der Waals surface area contributed by atoms with E-state index in [2.05, 4.69) is 15.5 Å². The van der Waals surface area contributed by atoms with Crippen LogP contribution in [-0.2, 0) is 20.8 Å². The van der Waals surface area contributed by atoms with Crippen molar-refractivity contribution in [2.75, 3.05) is 44.4 Å². The number of benzene rings is 1. The van der Waals surface area contributed by atoms with Crippen molar-refractivity contribution in [1.82, 2.24) is 10.6 Å². The molecule has 0 aromatic heterocycles. The molecule has 1 amide bonds. The van der Waals surface area contributed by atoms with Crippen LogP contribution in [0.2, 0.25) is 0 Å². The molecule has 2 atom stereocenters. The molecular formula is C17H24FN3O3. The van der Waals surface area contributed by atoms with Gasteiger partial charge in [0.15, 0.2) is 0 Å². The highest BCUT2D eigenvalue weighted by Crippen LogP contribution is 2.23. The summed E-state index contributed by atoms with van der Waals surface area (Å²) in [5.41, 5.74) is 1.72. The Bertz CT molecular complexity index is 578. The first kappa shape index (κ1) is 17.1. The zero-order chi connectivity index (χ0) is 16.9. The van der Waals surface area contributed by atoms with Crippen LogP contribution in [0.5, 0.6) is 0 Å². The van der Waals surface area contributed by atoms with Crippen LogP contribution in [0.3, 0.4) is 0 Å². The molecule has 0 unspecified atom stereocenters. The van der Waals surface area contributed by atoms with Gasteiger partial charge in [0.25, 0.3) is 0 Å². The largest absolute Gasteiger partial charge is 0.378 e. The molecule has 2 N–H and O–H groups in total. The first-order valence-electron chi connectivity index (χ1n) is 8.39. The normalized spacial score (nSPS) is 24.7. The van der Waals surface area contributed by atoms with Crippen molar-refractivity contribution >= 4 is 11.6 Å². The van der Waals surface area contributed by atoms with Gasteiger partial charge in [0.1, 0.15) is 11.9 Å². The van der Waals surface area contributed by atoms with E-state index in [1.165, 1.54) is 12.1 Å². The van der Waals surface area contributed by atoms with Gasteiger partial charge in [0.05, 0.1) is 25.9 Å². The first-order chi connectivity index (χ1) is 11.6. The molecule has 2 fully saturated rings. The van der Waals surface area contributed by atoms with E-state index in [4.69, 9.17) is 9.47 Å². The molecule has 1 aromatic rings. The smallest absolute Gasteiger partial charge is 0.240 e. The monoisotopic (exact) mass is 337 g/mol. The molecule has 0 aliphatic carbocycles. The second-order valence-electron chi connectivity index (χ2n) is 6.10. The van der Waals surface area contributed by atoms with Gasteiger partial charge in [0, 0.05) is 31.9 Å². The maximum atomic E-state index is 13.7. The lowest BCUT2D eigenvalue weighted by Crippen LogP contribution is -2.55. The van der Waals surface area contributed by atoms with Gasteiger partial charge in [-0.3, -0.25) is 4.79 Å². The number of hydrogen-bond acceptors (Lipinski definition) is 5. The van der Waals surface area contributed by atoms with Crippen molar-refractivity contribution in [3.63, 3.8) is 0 Å². The van der Waals surface area contributed by atoms with E-state index in [0.717, 1.165) is 24.3 Å². The predicted octanol–water partition coefficient (Wildman–Crippen LogP) is 0.655. The molecule has 2 aliphatic rings. The number of halogens is 1. The zero-order valence-electron chi connectivity index (χ0n) is 13.9. The summed E-state index contributed by atoms with van der Waals surface area (Å²) in [5, 5.41) is 6.06. The molecule has 6 nitrogen and oxygen atoms in total. The second kappa shape index (κ2) is 7.92. The number of amides is 1. The second-order valence-corrected chi connectivity index (χ2v) is 6.10. The third kappa shape index (κ3) is 4.03. The lowest BCUT2D eigenvalue weighted by molar-refractivity contribution is -0.129. The lowest BCUT2D eigenvalue weighted by atomic mass is 10.1. The van der Waals surface area contributed by atoms with Crippen molar-refractivity contribution in [3.8, 4) is 0 Å². The average Bonchev–Trinajstić information content (AvgIpc) is 2.61. The van der Waals surface area contributed by atoms with E-state index in [9.17, 15) is 9.18 Å². The summed E-state index contributed by atoms with van der Waals surface area (Å²) in [7, 11) is 0. The molecular weight excluding hydrogens is 313 g/mol. The van der Waals surface area contributed by atoms with Gasteiger partial charge in [-0.05, 0) is 30.7 Å². The lowest BCUT2D eigenvalue weighted by Gasteiger charge is -2.31. The Hall–Kier alpha value is -1.70. The molecule has 0 bridgehead atoms. The van der Waals surface area contributed by atoms with Crippen molar-refractivity contribution in [1.29, 1.82) is 0 Å². The molecule has 2 aliphatic heterocycles. The third-order valence-electron chi connectivity index (χ3n) is 4.45. The number of rotatable bonds is 4.